The molecule has 0 spiro atoms. The van der Waals surface area contributed by atoms with Crippen molar-refractivity contribution in [1.82, 2.24) is 0 Å². The van der Waals surface area contributed by atoms with Gasteiger partial charge < -0.3 is 9.47 Å². The van der Waals surface area contributed by atoms with Gasteiger partial charge in [0.1, 0.15) is 35.6 Å². The zero-order valence-electron chi connectivity index (χ0n) is 16.2. The van der Waals surface area contributed by atoms with Gasteiger partial charge in [0.2, 0.25) is 0 Å². The molecule has 0 atom stereocenters. The Morgan fingerprint density at radius 3 is 1.17 bits per heavy atom. The van der Waals surface area contributed by atoms with Crippen molar-refractivity contribution in [3.8, 4) is 23.0 Å². The first-order valence-corrected chi connectivity index (χ1v) is 9.33. The Bertz CT molecular complexity index is 987. The molecule has 4 rings (SSSR count). The Morgan fingerprint density at radius 2 is 0.800 bits per heavy atom. The lowest BCUT2D eigenvalue weighted by atomic mass is 10.2. The molecule has 4 nitrogen and oxygen atoms in total. The minimum Gasteiger partial charge on any atom is -0.457 e. The first-order chi connectivity index (χ1) is 14.8. The number of para-hydroxylation sites is 2. The zero-order valence-corrected chi connectivity index (χ0v) is 16.2. The van der Waals surface area contributed by atoms with E-state index in [-0.39, 0.29) is 0 Å². The molecule has 0 aromatic heterocycles. The van der Waals surface area contributed by atoms with E-state index in [1.54, 1.807) is 36.4 Å². The number of aldehydes is 2. The molecule has 0 saturated carbocycles. The standard InChI is InChI=1S/2C13H10O2/c2*14-10-11-5-4-8-13(9-11)15-12-6-2-1-3-7-12/h2*1-10H. The van der Waals surface area contributed by atoms with E-state index < -0.39 is 0 Å². The molecule has 0 fully saturated rings. The predicted molar refractivity (Wildman–Crippen MR) is 117 cm³/mol. The number of carbonyl (C=O) groups excluding carboxylic acids is 2. The number of hydrogen-bond donors (Lipinski definition) is 0. The van der Waals surface area contributed by atoms with Crippen LogP contribution in [-0.2, 0) is 0 Å². The van der Waals surface area contributed by atoms with Gasteiger partial charge in [0.15, 0.2) is 0 Å². The first-order valence-electron chi connectivity index (χ1n) is 9.33. The van der Waals surface area contributed by atoms with Gasteiger partial charge in [-0.05, 0) is 48.5 Å². The van der Waals surface area contributed by atoms with Crippen molar-refractivity contribution < 1.29 is 19.1 Å². The van der Waals surface area contributed by atoms with Crippen LogP contribution in [-0.4, -0.2) is 12.6 Å². The summed E-state index contributed by atoms with van der Waals surface area (Å²) in [6.45, 7) is 0. The molecule has 0 unspecified atom stereocenters. The number of ether oxygens (including phenoxy) is 2. The molecule has 0 N–H and O–H groups in total. The molecule has 0 radical (unpaired) electrons. The molecule has 4 aromatic rings. The van der Waals surface area contributed by atoms with E-state index in [1.165, 1.54) is 0 Å². The number of hydrogen-bond acceptors (Lipinski definition) is 4. The van der Waals surface area contributed by atoms with Crippen LogP contribution in [0.1, 0.15) is 20.7 Å². The van der Waals surface area contributed by atoms with Crippen LogP contribution in [0.2, 0.25) is 0 Å². The first kappa shape index (κ1) is 20.6. The minimum atomic E-state index is 0.614. The molecule has 4 aromatic carbocycles. The SMILES string of the molecule is O=Cc1cccc(Oc2ccccc2)c1.O=Cc1cccc(Oc2ccccc2)c1. The van der Waals surface area contributed by atoms with Crippen LogP contribution in [0, 0.1) is 0 Å². The minimum absolute atomic E-state index is 0.614. The molecular formula is C26H20O4. The van der Waals surface area contributed by atoms with Gasteiger partial charge in [-0.1, -0.05) is 60.7 Å². The third-order valence-corrected chi connectivity index (χ3v) is 3.95. The van der Waals surface area contributed by atoms with Crippen LogP contribution in [0.3, 0.4) is 0 Å². The number of benzene rings is 4. The average molecular weight is 396 g/mol. The molecule has 4 heteroatoms. The smallest absolute Gasteiger partial charge is 0.150 e. The maximum atomic E-state index is 10.6. The quantitative estimate of drug-likeness (QED) is 0.345. The Morgan fingerprint density at radius 1 is 0.433 bits per heavy atom. The van der Waals surface area contributed by atoms with Crippen molar-refractivity contribution in [3.05, 3.63) is 120 Å². The van der Waals surface area contributed by atoms with Crippen LogP contribution in [0.25, 0.3) is 0 Å². The third kappa shape index (κ3) is 6.46. The van der Waals surface area contributed by atoms with Gasteiger partial charge in [-0.25, -0.2) is 0 Å². The van der Waals surface area contributed by atoms with Crippen LogP contribution >= 0.6 is 0 Å². The third-order valence-electron chi connectivity index (χ3n) is 3.95. The fourth-order valence-corrected chi connectivity index (χ4v) is 2.55. The Hall–Kier alpha value is -4.18. The molecule has 0 aliphatic heterocycles. The molecule has 0 amide bonds. The summed E-state index contributed by atoms with van der Waals surface area (Å²) in [6, 6.07) is 33.1. The van der Waals surface area contributed by atoms with Gasteiger partial charge >= 0.3 is 0 Å². The Kier molecular flexibility index (Phi) is 7.52. The Balaban J connectivity index is 0.000000171. The molecule has 0 heterocycles. The summed E-state index contributed by atoms with van der Waals surface area (Å²) < 4.78 is 11.1. The van der Waals surface area contributed by atoms with Gasteiger partial charge in [-0.15, -0.1) is 0 Å². The van der Waals surface area contributed by atoms with E-state index in [0.29, 0.717) is 22.6 Å². The second-order valence-electron chi connectivity index (χ2n) is 6.21. The van der Waals surface area contributed by atoms with Crippen molar-refractivity contribution in [2.45, 2.75) is 0 Å². The van der Waals surface area contributed by atoms with Gasteiger partial charge in [-0.3, -0.25) is 9.59 Å². The monoisotopic (exact) mass is 396 g/mol. The van der Waals surface area contributed by atoms with Crippen LogP contribution in [0.5, 0.6) is 23.0 Å². The largest absolute Gasteiger partial charge is 0.457 e. The molecule has 0 aliphatic carbocycles. The summed E-state index contributed by atoms with van der Waals surface area (Å²) in [5, 5.41) is 0. The summed E-state index contributed by atoms with van der Waals surface area (Å²) in [6.07, 6.45) is 1.61. The maximum Gasteiger partial charge on any atom is 0.150 e. The van der Waals surface area contributed by atoms with E-state index in [2.05, 4.69) is 0 Å². The van der Waals surface area contributed by atoms with Gasteiger partial charge in [0.05, 0.1) is 0 Å². The van der Waals surface area contributed by atoms with Crippen LogP contribution in [0.15, 0.2) is 109 Å². The van der Waals surface area contributed by atoms with Crippen molar-refractivity contribution >= 4 is 12.6 Å². The molecule has 0 aliphatic rings. The highest BCUT2D eigenvalue weighted by atomic mass is 16.5. The van der Waals surface area contributed by atoms with Gasteiger partial charge in [0, 0.05) is 11.1 Å². The fraction of sp³-hybridized carbons (Fsp3) is 0. The average Bonchev–Trinajstić information content (AvgIpc) is 2.81. The molecular weight excluding hydrogens is 376 g/mol. The summed E-state index contributed by atoms with van der Waals surface area (Å²) in [5.74, 6) is 2.87. The zero-order chi connectivity index (χ0) is 21.0. The van der Waals surface area contributed by atoms with Crippen LogP contribution in [0.4, 0.5) is 0 Å². The van der Waals surface area contributed by atoms with E-state index >= 15 is 0 Å². The highest BCUT2D eigenvalue weighted by molar-refractivity contribution is 5.75. The number of rotatable bonds is 6. The highest BCUT2D eigenvalue weighted by Crippen LogP contribution is 2.22. The van der Waals surface area contributed by atoms with Gasteiger partial charge in [-0.2, -0.15) is 0 Å². The van der Waals surface area contributed by atoms with Crippen LogP contribution < -0.4 is 9.47 Å². The summed E-state index contributed by atoms with van der Waals surface area (Å²) in [5.41, 5.74) is 1.23. The lowest BCUT2D eigenvalue weighted by molar-refractivity contribution is 0.111. The lowest BCUT2D eigenvalue weighted by Gasteiger charge is -2.04. The highest BCUT2D eigenvalue weighted by Gasteiger charge is 1.98. The molecule has 148 valence electrons. The van der Waals surface area contributed by atoms with E-state index in [4.69, 9.17) is 9.47 Å². The van der Waals surface area contributed by atoms with E-state index in [9.17, 15) is 9.59 Å². The maximum absolute atomic E-state index is 10.6. The van der Waals surface area contributed by atoms with E-state index in [0.717, 1.165) is 24.1 Å². The fourth-order valence-electron chi connectivity index (χ4n) is 2.55. The topological polar surface area (TPSA) is 52.6 Å². The predicted octanol–water partition coefficient (Wildman–Crippen LogP) is 6.58. The van der Waals surface area contributed by atoms with Crippen molar-refractivity contribution in [2.24, 2.45) is 0 Å². The second kappa shape index (κ2) is 11.0. The summed E-state index contributed by atoms with van der Waals surface area (Å²) in [7, 11) is 0. The molecule has 0 bridgehead atoms. The summed E-state index contributed by atoms with van der Waals surface area (Å²) in [4.78, 5) is 21.1. The van der Waals surface area contributed by atoms with E-state index in [1.807, 2.05) is 72.8 Å². The Labute approximate surface area is 175 Å². The molecule has 0 saturated heterocycles. The van der Waals surface area contributed by atoms with Crippen molar-refractivity contribution in [1.29, 1.82) is 0 Å². The normalized spacial score (nSPS) is 9.60. The van der Waals surface area contributed by atoms with Crippen molar-refractivity contribution in [3.63, 3.8) is 0 Å². The molecule has 30 heavy (non-hydrogen) atoms. The van der Waals surface area contributed by atoms with Crippen molar-refractivity contribution in [2.75, 3.05) is 0 Å². The lowest BCUT2D eigenvalue weighted by Crippen LogP contribution is -1.85. The summed E-state index contributed by atoms with van der Waals surface area (Å²) >= 11 is 0. The van der Waals surface area contributed by atoms with Gasteiger partial charge in [0.25, 0.3) is 0 Å². The number of carbonyl (C=O) groups is 2. The second-order valence-corrected chi connectivity index (χ2v) is 6.21.